The summed E-state index contributed by atoms with van der Waals surface area (Å²) < 4.78 is 7.40. The van der Waals surface area contributed by atoms with E-state index in [0.717, 1.165) is 19.4 Å². The van der Waals surface area contributed by atoms with Crippen LogP contribution in [-0.4, -0.2) is 28.3 Å². The Bertz CT molecular complexity index is 476. The molecule has 0 amide bonds. The lowest BCUT2D eigenvalue weighted by Gasteiger charge is -2.23. The summed E-state index contributed by atoms with van der Waals surface area (Å²) in [5.41, 5.74) is -0.231. The van der Waals surface area contributed by atoms with Gasteiger partial charge in [-0.15, -0.1) is 0 Å². The van der Waals surface area contributed by atoms with E-state index in [9.17, 15) is 4.79 Å². The second kappa shape index (κ2) is 5.74. The van der Waals surface area contributed by atoms with Crippen LogP contribution in [0.25, 0.3) is 0 Å². The van der Waals surface area contributed by atoms with Gasteiger partial charge in [0, 0.05) is 32.1 Å². The Hall–Kier alpha value is -1.36. The van der Waals surface area contributed by atoms with Crippen LogP contribution in [0.15, 0.2) is 17.2 Å². The van der Waals surface area contributed by atoms with Gasteiger partial charge in [-0.2, -0.15) is 0 Å². The first-order valence-electron chi connectivity index (χ1n) is 6.93. The summed E-state index contributed by atoms with van der Waals surface area (Å²) in [7, 11) is 0. The molecule has 0 aromatic carbocycles. The lowest BCUT2D eigenvalue weighted by atomic mass is 10.0. The minimum atomic E-state index is -0.174. The van der Waals surface area contributed by atoms with Crippen molar-refractivity contribution in [1.82, 2.24) is 9.55 Å². The van der Waals surface area contributed by atoms with Crippen molar-refractivity contribution in [1.29, 1.82) is 0 Å². The Labute approximate surface area is 114 Å². The zero-order chi connectivity index (χ0) is 13.9. The highest BCUT2D eigenvalue weighted by atomic mass is 16.5. The van der Waals surface area contributed by atoms with Crippen molar-refractivity contribution >= 4 is 5.82 Å². The molecule has 2 rings (SSSR count). The zero-order valence-electron chi connectivity index (χ0n) is 12.0. The van der Waals surface area contributed by atoms with Crippen molar-refractivity contribution in [2.45, 2.75) is 45.8 Å². The van der Waals surface area contributed by atoms with Gasteiger partial charge >= 0.3 is 0 Å². The van der Waals surface area contributed by atoms with Gasteiger partial charge in [-0.05, 0) is 25.7 Å². The molecule has 0 bridgehead atoms. The molecular weight excluding hydrogens is 242 g/mol. The Morgan fingerprint density at radius 2 is 2.37 bits per heavy atom. The van der Waals surface area contributed by atoms with Crippen LogP contribution < -0.4 is 10.9 Å². The monoisotopic (exact) mass is 265 g/mol. The molecule has 1 unspecified atom stereocenters. The van der Waals surface area contributed by atoms with Gasteiger partial charge in [0.1, 0.15) is 0 Å². The molecule has 1 fully saturated rings. The standard InChI is InChI=1S/C14H23N3O2/c1-11(2)9-17-7-6-15-12(13(17)18)16-10-14(3)5-4-8-19-14/h6-7,11H,4-5,8-10H2,1-3H3,(H,15,16). The van der Waals surface area contributed by atoms with E-state index < -0.39 is 0 Å². The summed E-state index contributed by atoms with van der Waals surface area (Å²) >= 11 is 0. The fourth-order valence-corrected chi connectivity index (χ4v) is 2.35. The van der Waals surface area contributed by atoms with Gasteiger partial charge < -0.3 is 14.6 Å². The van der Waals surface area contributed by atoms with Crippen LogP contribution in [0.3, 0.4) is 0 Å². The molecule has 5 nitrogen and oxygen atoms in total. The first kappa shape index (κ1) is 14.1. The molecule has 0 spiro atoms. The largest absolute Gasteiger partial charge is 0.373 e. The molecule has 0 saturated carbocycles. The molecule has 19 heavy (non-hydrogen) atoms. The minimum Gasteiger partial charge on any atom is -0.373 e. The van der Waals surface area contributed by atoms with Crippen LogP contribution >= 0.6 is 0 Å². The number of rotatable bonds is 5. The molecule has 5 heteroatoms. The Morgan fingerprint density at radius 1 is 1.58 bits per heavy atom. The van der Waals surface area contributed by atoms with Gasteiger partial charge in [0.15, 0.2) is 5.82 Å². The second-order valence-electron chi connectivity index (χ2n) is 5.88. The van der Waals surface area contributed by atoms with E-state index in [0.29, 0.717) is 24.8 Å². The number of nitrogens with zero attached hydrogens (tertiary/aromatic N) is 2. The van der Waals surface area contributed by atoms with Crippen LogP contribution in [0.2, 0.25) is 0 Å². The molecule has 1 saturated heterocycles. The number of aromatic nitrogens is 2. The summed E-state index contributed by atoms with van der Waals surface area (Å²) in [5, 5.41) is 3.14. The average molecular weight is 265 g/mol. The summed E-state index contributed by atoms with van der Waals surface area (Å²) in [5.74, 6) is 0.850. The number of hydrogen-bond acceptors (Lipinski definition) is 4. The normalized spacial score (nSPS) is 22.9. The predicted octanol–water partition coefficient (Wildman–Crippen LogP) is 1.88. The van der Waals surface area contributed by atoms with E-state index in [1.165, 1.54) is 0 Å². The minimum absolute atomic E-state index is 0.0576. The molecule has 0 radical (unpaired) electrons. The molecule has 1 aromatic heterocycles. The smallest absolute Gasteiger partial charge is 0.293 e. The molecule has 1 N–H and O–H groups in total. The maximum atomic E-state index is 12.2. The van der Waals surface area contributed by atoms with Crippen molar-refractivity contribution in [3.05, 3.63) is 22.7 Å². The molecular formula is C14H23N3O2. The summed E-state index contributed by atoms with van der Waals surface area (Å²) in [6.07, 6.45) is 5.51. The summed E-state index contributed by atoms with van der Waals surface area (Å²) in [6, 6.07) is 0. The third kappa shape index (κ3) is 3.56. The van der Waals surface area contributed by atoms with Crippen LogP contribution in [0.1, 0.15) is 33.6 Å². The predicted molar refractivity (Wildman–Crippen MR) is 75.4 cm³/mol. The van der Waals surface area contributed by atoms with Crippen molar-refractivity contribution in [3.8, 4) is 0 Å². The highest BCUT2D eigenvalue weighted by Crippen LogP contribution is 2.24. The van der Waals surface area contributed by atoms with E-state index in [4.69, 9.17) is 4.74 Å². The quantitative estimate of drug-likeness (QED) is 0.883. The van der Waals surface area contributed by atoms with E-state index in [-0.39, 0.29) is 11.2 Å². The lowest BCUT2D eigenvalue weighted by Crippen LogP contribution is -2.35. The van der Waals surface area contributed by atoms with Crippen LogP contribution in [0, 0.1) is 5.92 Å². The second-order valence-corrected chi connectivity index (χ2v) is 5.88. The fraction of sp³-hybridized carbons (Fsp3) is 0.714. The molecule has 2 heterocycles. The highest BCUT2D eigenvalue weighted by Gasteiger charge is 2.29. The van der Waals surface area contributed by atoms with Gasteiger partial charge in [-0.25, -0.2) is 4.98 Å². The highest BCUT2D eigenvalue weighted by molar-refractivity contribution is 5.31. The van der Waals surface area contributed by atoms with E-state index in [1.54, 1.807) is 17.0 Å². The fourth-order valence-electron chi connectivity index (χ4n) is 2.35. The van der Waals surface area contributed by atoms with E-state index >= 15 is 0 Å². The van der Waals surface area contributed by atoms with Crippen molar-refractivity contribution in [2.24, 2.45) is 5.92 Å². The molecule has 1 aromatic rings. The van der Waals surface area contributed by atoms with Gasteiger partial charge in [0.25, 0.3) is 5.56 Å². The first-order chi connectivity index (χ1) is 9.00. The van der Waals surface area contributed by atoms with Crippen LogP contribution in [-0.2, 0) is 11.3 Å². The maximum absolute atomic E-state index is 12.2. The molecule has 1 atom stereocenters. The number of nitrogens with one attached hydrogen (secondary N) is 1. The van der Waals surface area contributed by atoms with Crippen molar-refractivity contribution in [3.63, 3.8) is 0 Å². The van der Waals surface area contributed by atoms with Gasteiger partial charge in [-0.1, -0.05) is 13.8 Å². The first-order valence-corrected chi connectivity index (χ1v) is 6.93. The maximum Gasteiger partial charge on any atom is 0.293 e. The Morgan fingerprint density at radius 3 is 3.00 bits per heavy atom. The van der Waals surface area contributed by atoms with Gasteiger partial charge in [0.2, 0.25) is 0 Å². The van der Waals surface area contributed by atoms with Crippen molar-refractivity contribution in [2.75, 3.05) is 18.5 Å². The van der Waals surface area contributed by atoms with E-state index in [2.05, 4.69) is 31.1 Å². The summed E-state index contributed by atoms with van der Waals surface area (Å²) in [4.78, 5) is 16.3. The molecule has 1 aliphatic heterocycles. The average Bonchev–Trinajstić information content (AvgIpc) is 2.77. The van der Waals surface area contributed by atoms with Gasteiger partial charge in [-0.3, -0.25) is 4.79 Å². The number of hydrogen-bond donors (Lipinski definition) is 1. The van der Waals surface area contributed by atoms with Gasteiger partial charge in [0.05, 0.1) is 5.60 Å². The third-order valence-corrected chi connectivity index (χ3v) is 3.41. The summed E-state index contributed by atoms with van der Waals surface area (Å²) in [6.45, 7) is 8.39. The lowest BCUT2D eigenvalue weighted by molar-refractivity contribution is 0.0314. The Balaban J connectivity index is 2.06. The van der Waals surface area contributed by atoms with Crippen LogP contribution in [0.5, 0.6) is 0 Å². The van der Waals surface area contributed by atoms with Crippen LogP contribution in [0.4, 0.5) is 5.82 Å². The topological polar surface area (TPSA) is 56.1 Å². The Kier molecular flexibility index (Phi) is 4.24. The van der Waals surface area contributed by atoms with E-state index in [1.807, 2.05) is 0 Å². The third-order valence-electron chi connectivity index (χ3n) is 3.41. The zero-order valence-corrected chi connectivity index (χ0v) is 12.0. The SMILES string of the molecule is CC(C)Cn1ccnc(NCC2(C)CCCO2)c1=O. The number of anilines is 1. The number of ether oxygens (including phenoxy) is 1. The molecule has 106 valence electrons. The van der Waals surface area contributed by atoms with Crippen molar-refractivity contribution < 1.29 is 4.74 Å². The molecule has 1 aliphatic rings. The molecule has 0 aliphatic carbocycles.